The van der Waals surface area contributed by atoms with Crippen LogP contribution in [0.1, 0.15) is 50.4 Å². The third kappa shape index (κ3) is 6.17. The molecule has 0 atom stereocenters. The molecule has 1 aromatic carbocycles. The number of hydrogen-bond acceptors (Lipinski definition) is 2. The van der Waals surface area contributed by atoms with E-state index in [0.29, 0.717) is 23.8 Å². The van der Waals surface area contributed by atoms with Gasteiger partial charge in [-0.2, -0.15) is 0 Å². The molecule has 0 aliphatic carbocycles. The molecule has 0 unspecified atom stereocenters. The number of likely N-dealkylation sites (tertiary alicyclic amines) is 1. The second-order valence-electron chi connectivity index (χ2n) is 8.00. The third-order valence-corrected chi connectivity index (χ3v) is 5.08. The summed E-state index contributed by atoms with van der Waals surface area (Å²) in [6.07, 6.45) is 2.08. The van der Waals surface area contributed by atoms with E-state index in [4.69, 9.17) is 0 Å². The zero-order valence-electron chi connectivity index (χ0n) is 14.9. The Kier molecular flexibility index (Phi) is 6.43. The molecular weight excluding hydrogens is 371 g/mol. The number of carbonyl (C=O) groups excluding carboxylic acids is 1. The van der Waals surface area contributed by atoms with Crippen molar-refractivity contribution in [3.05, 3.63) is 34.3 Å². The summed E-state index contributed by atoms with van der Waals surface area (Å²) in [5, 5.41) is 2.75. The third-order valence-electron chi connectivity index (χ3n) is 4.58. The van der Waals surface area contributed by atoms with E-state index in [2.05, 4.69) is 46.9 Å². The molecule has 1 aromatic rings. The van der Waals surface area contributed by atoms with Crippen molar-refractivity contribution in [3.63, 3.8) is 0 Å². The zero-order chi connectivity index (χ0) is 17.8. The first-order chi connectivity index (χ1) is 11.2. The van der Waals surface area contributed by atoms with Crippen LogP contribution >= 0.6 is 15.9 Å². The van der Waals surface area contributed by atoms with Crippen LogP contribution in [0.2, 0.25) is 0 Å². The summed E-state index contributed by atoms with van der Waals surface area (Å²) >= 11 is 3.34. The number of halogens is 2. The number of nitrogens with zero attached hydrogens (tertiary/aromatic N) is 1. The van der Waals surface area contributed by atoms with Gasteiger partial charge in [-0.05, 0) is 49.4 Å². The van der Waals surface area contributed by atoms with Crippen LogP contribution in [0.25, 0.3) is 0 Å². The summed E-state index contributed by atoms with van der Waals surface area (Å²) in [7, 11) is 0. The molecule has 3 nitrogen and oxygen atoms in total. The van der Waals surface area contributed by atoms with Crippen molar-refractivity contribution >= 4 is 21.8 Å². The summed E-state index contributed by atoms with van der Waals surface area (Å²) in [5.41, 5.74) is -0.433. The van der Waals surface area contributed by atoms with Gasteiger partial charge in [0.15, 0.2) is 0 Å². The van der Waals surface area contributed by atoms with E-state index in [1.165, 1.54) is 0 Å². The molecule has 1 fully saturated rings. The van der Waals surface area contributed by atoms with Gasteiger partial charge in [0.05, 0.1) is 6.54 Å². The average molecular weight is 399 g/mol. The van der Waals surface area contributed by atoms with Crippen LogP contribution in [-0.2, 0) is 0 Å². The summed E-state index contributed by atoms with van der Waals surface area (Å²) in [6, 6.07) is 7.15. The number of rotatable bonds is 5. The van der Waals surface area contributed by atoms with Gasteiger partial charge in [0.25, 0.3) is 5.91 Å². The van der Waals surface area contributed by atoms with Crippen LogP contribution in [0.4, 0.5) is 4.39 Å². The first-order valence-corrected chi connectivity index (χ1v) is 9.41. The summed E-state index contributed by atoms with van der Waals surface area (Å²) < 4.78 is 15.8. The predicted molar refractivity (Wildman–Crippen MR) is 100 cm³/mol. The quantitative estimate of drug-likeness (QED) is 0.795. The minimum Gasteiger partial charge on any atom is -0.349 e. The Bertz CT molecular complexity index is 563. The lowest BCUT2D eigenvalue weighted by Crippen LogP contribution is -2.48. The van der Waals surface area contributed by atoms with E-state index in [0.717, 1.165) is 30.5 Å². The molecule has 1 heterocycles. The van der Waals surface area contributed by atoms with Crippen LogP contribution in [0.15, 0.2) is 28.7 Å². The number of benzene rings is 1. The number of alkyl halides is 1. The van der Waals surface area contributed by atoms with E-state index >= 15 is 0 Å². The Hall–Kier alpha value is -0.940. The minimum absolute atomic E-state index is 0.0887. The van der Waals surface area contributed by atoms with Crippen LogP contribution in [0.5, 0.6) is 0 Å². The van der Waals surface area contributed by atoms with E-state index < -0.39 is 5.67 Å². The number of piperidine rings is 1. The summed E-state index contributed by atoms with van der Waals surface area (Å²) in [4.78, 5) is 14.5. The minimum atomic E-state index is -1.29. The maximum absolute atomic E-state index is 14.9. The topological polar surface area (TPSA) is 32.3 Å². The lowest BCUT2D eigenvalue weighted by molar-refractivity contribution is 0.0508. The number of amides is 1. The lowest BCUT2D eigenvalue weighted by atomic mass is 9.90. The van der Waals surface area contributed by atoms with Crippen molar-refractivity contribution < 1.29 is 9.18 Å². The molecule has 1 aliphatic heterocycles. The number of hydrogen-bond donors (Lipinski definition) is 1. The number of nitrogens with one attached hydrogen (secondary N) is 1. The van der Waals surface area contributed by atoms with Gasteiger partial charge in [-0.15, -0.1) is 0 Å². The van der Waals surface area contributed by atoms with Gasteiger partial charge in [-0.1, -0.05) is 42.8 Å². The maximum Gasteiger partial charge on any atom is 0.251 e. The zero-order valence-corrected chi connectivity index (χ0v) is 16.5. The SMILES string of the molecule is CC(C)(C)CCN1CCC(F)(CNC(=O)c2cccc(Br)c2)CC1. The van der Waals surface area contributed by atoms with Gasteiger partial charge in [0, 0.05) is 23.1 Å². The van der Waals surface area contributed by atoms with Crippen molar-refractivity contribution in [1.82, 2.24) is 10.2 Å². The van der Waals surface area contributed by atoms with Crippen LogP contribution in [0, 0.1) is 5.41 Å². The fourth-order valence-electron chi connectivity index (χ4n) is 2.82. The lowest BCUT2D eigenvalue weighted by Gasteiger charge is -2.37. The molecule has 1 amide bonds. The second-order valence-corrected chi connectivity index (χ2v) is 8.91. The molecule has 1 saturated heterocycles. The fraction of sp³-hybridized carbons (Fsp3) is 0.632. The normalized spacial score (nSPS) is 18.4. The van der Waals surface area contributed by atoms with E-state index in [1.54, 1.807) is 18.2 Å². The molecule has 0 radical (unpaired) electrons. The Balaban J connectivity index is 1.78. The molecule has 1 aliphatic rings. The van der Waals surface area contributed by atoms with Gasteiger partial charge in [-0.3, -0.25) is 4.79 Å². The van der Waals surface area contributed by atoms with E-state index in [9.17, 15) is 9.18 Å². The van der Waals surface area contributed by atoms with E-state index in [1.807, 2.05) is 6.07 Å². The highest BCUT2D eigenvalue weighted by atomic mass is 79.9. The van der Waals surface area contributed by atoms with Crippen molar-refractivity contribution in [2.75, 3.05) is 26.2 Å². The molecule has 24 heavy (non-hydrogen) atoms. The molecule has 0 saturated carbocycles. The van der Waals surface area contributed by atoms with Gasteiger partial charge in [-0.25, -0.2) is 4.39 Å². The Morgan fingerprint density at radius 2 is 2.00 bits per heavy atom. The smallest absolute Gasteiger partial charge is 0.251 e. The molecule has 134 valence electrons. The highest BCUT2D eigenvalue weighted by molar-refractivity contribution is 9.10. The molecular formula is C19H28BrFN2O. The highest BCUT2D eigenvalue weighted by Crippen LogP contribution is 2.27. The molecule has 0 aromatic heterocycles. The van der Waals surface area contributed by atoms with Crippen LogP contribution in [-0.4, -0.2) is 42.7 Å². The Morgan fingerprint density at radius 1 is 1.33 bits per heavy atom. The monoisotopic (exact) mass is 398 g/mol. The van der Waals surface area contributed by atoms with Gasteiger partial charge >= 0.3 is 0 Å². The molecule has 1 N–H and O–H groups in total. The molecule has 0 bridgehead atoms. The Labute approximate surface area is 153 Å². The summed E-state index contributed by atoms with van der Waals surface area (Å²) in [5.74, 6) is -0.219. The standard InChI is InChI=1S/C19H28BrFN2O/c1-18(2,3)7-10-23-11-8-19(21,9-12-23)14-22-17(24)15-5-4-6-16(20)13-15/h4-6,13H,7-12,14H2,1-3H3,(H,22,24). The van der Waals surface area contributed by atoms with E-state index in [-0.39, 0.29) is 12.5 Å². The largest absolute Gasteiger partial charge is 0.349 e. The highest BCUT2D eigenvalue weighted by Gasteiger charge is 2.35. The average Bonchev–Trinajstić information content (AvgIpc) is 2.51. The molecule has 5 heteroatoms. The fourth-order valence-corrected chi connectivity index (χ4v) is 3.22. The predicted octanol–water partition coefficient (Wildman–Crippen LogP) is 4.42. The summed E-state index contributed by atoms with van der Waals surface area (Å²) in [6.45, 7) is 9.32. The van der Waals surface area contributed by atoms with Gasteiger partial charge in [0.2, 0.25) is 0 Å². The van der Waals surface area contributed by atoms with Crippen molar-refractivity contribution in [1.29, 1.82) is 0 Å². The van der Waals surface area contributed by atoms with Crippen LogP contribution < -0.4 is 5.32 Å². The van der Waals surface area contributed by atoms with Crippen molar-refractivity contribution in [2.45, 2.75) is 45.7 Å². The van der Waals surface area contributed by atoms with Gasteiger partial charge < -0.3 is 10.2 Å². The van der Waals surface area contributed by atoms with Crippen molar-refractivity contribution in [2.24, 2.45) is 5.41 Å². The maximum atomic E-state index is 14.9. The molecule has 2 rings (SSSR count). The van der Waals surface area contributed by atoms with Crippen molar-refractivity contribution in [3.8, 4) is 0 Å². The Morgan fingerprint density at radius 3 is 2.58 bits per heavy atom. The van der Waals surface area contributed by atoms with Gasteiger partial charge in [0.1, 0.15) is 5.67 Å². The first-order valence-electron chi connectivity index (χ1n) is 8.62. The second kappa shape index (κ2) is 7.96. The first kappa shape index (κ1) is 19.4. The number of carbonyl (C=O) groups is 1. The van der Waals surface area contributed by atoms with Crippen LogP contribution in [0.3, 0.4) is 0 Å². The molecule has 0 spiro atoms.